The van der Waals surface area contributed by atoms with Crippen molar-refractivity contribution < 1.29 is 18.3 Å². The summed E-state index contributed by atoms with van der Waals surface area (Å²) in [6, 6.07) is 6.85. The van der Waals surface area contributed by atoms with Gasteiger partial charge in [-0.1, -0.05) is 6.92 Å². The Kier molecular flexibility index (Phi) is 7.10. The van der Waals surface area contributed by atoms with Gasteiger partial charge in [-0.05, 0) is 18.6 Å². The number of halogens is 2. The first kappa shape index (κ1) is 24.3. The number of aromatic nitrogens is 5. The van der Waals surface area contributed by atoms with E-state index in [2.05, 4.69) is 40.7 Å². The molecule has 0 saturated carbocycles. The largest absolute Gasteiger partial charge is 0.378 e. The molecule has 0 spiro atoms. The summed E-state index contributed by atoms with van der Waals surface area (Å²) in [5.74, 6) is -2.88. The van der Waals surface area contributed by atoms with Crippen LogP contribution in [0.15, 0.2) is 30.5 Å². The normalized spacial score (nSPS) is 14.0. The van der Waals surface area contributed by atoms with Crippen LogP contribution in [0.2, 0.25) is 0 Å². The first-order valence-electron chi connectivity index (χ1n) is 11.2. The van der Waals surface area contributed by atoms with Gasteiger partial charge >= 0.3 is 5.92 Å². The Morgan fingerprint density at radius 2 is 1.91 bits per heavy atom. The number of nitrogens with zero attached hydrogens (tertiary/aromatic N) is 6. The number of alkyl halides is 2. The summed E-state index contributed by atoms with van der Waals surface area (Å²) in [4.78, 5) is 25.9. The van der Waals surface area contributed by atoms with Crippen molar-refractivity contribution in [2.75, 3.05) is 41.8 Å². The molecule has 12 heteroatoms. The number of aryl methyl sites for hydroxylation is 1. The zero-order valence-electron chi connectivity index (χ0n) is 19.7. The number of amides is 1. The van der Waals surface area contributed by atoms with Crippen LogP contribution in [-0.2, 0) is 21.9 Å². The summed E-state index contributed by atoms with van der Waals surface area (Å²) < 4.78 is 33.4. The number of carbonyl (C=O) groups excluding carboxylic acids is 1. The number of anilines is 4. The van der Waals surface area contributed by atoms with E-state index in [4.69, 9.17) is 4.74 Å². The predicted octanol–water partition coefficient (Wildman–Crippen LogP) is 3.54. The second-order valence-electron chi connectivity index (χ2n) is 8.11. The summed E-state index contributed by atoms with van der Waals surface area (Å²) in [5.41, 5.74) is 1.99. The molecule has 0 atom stereocenters. The number of morpholine rings is 1. The van der Waals surface area contributed by atoms with Crippen LogP contribution in [0, 0.1) is 0 Å². The molecule has 2 N–H and O–H groups in total. The third kappa shape index (κ3) is 6.01. The molecular weight excluding hydrogens is 458 g/mol. The maximum absolute atomic E-state index is 14.0. The van der Waals surface area contributed by atoms with Crippen molar-refractivity contribution in [3.8, 4) is 11.3 Å². The molecule has 1 aliphatic rings. The van der Waals surface area contributed by atoms with Gasteiger partial charge in [0.25, 0.3) is 0 Å². The summed E-state index contributed by atoms with van der Waals surface area (Å²) in [5, 5.41) is 14.4. The maximum atomic E-state index is 14.0. The lowest BCUT2D eigenvalue weighted by atomic mass is 10.1. The van der Waals surface area contributed by atoms with Crippen LogP contribution in [0.1, 0.15) is 32.3 Å². The maximum Gasteiger partial charge on any atom is 0.303 e. The van der Waals surface area contributed by atoms with Gasteiger partial charge in [0.15, 0.2) is 5.82 Å². The Labute approximate surface area is 201 Å². The number of rotatable bonds is 7. The highest BCUT2D eigenvalue weighted by Crippen LogP contribution is 2.32. The van der Waals surface area contributed by atoms with Gasteiger partial charge < -0.3 is 20.3 Å². The molecule has 4 rings (SSSR count). The zero-order chi connectivity index (χ0) is 25.0. The highest BCUT2D eigenvalue weighted by molar-refractivity contribution is 5.89. The molecule has 184 valence electrons. The Hall–Kier alpha value is -3.80. The number of nitrogens with one attached hydrogen (secondary N) is 2. The first-order valence-corrected chi connectivity index (χ1v) is 11.2. The number of hydrogen-bond acceptors (Lipinski definition) is 9. The van der Waals surface area contributed by atoms with E-state index in [9.17, 15) is 13.6 Å². The molecule has 1 fully saturated rings. The van der Waals surface area contributed by atoms with Crippen LogP contribution in [-0.4, -0.2) is 57.4 Å². The summed E-state index contributed by atoms with van der Waals surface area (Å²) in [6.07, 6.45) is 1.98. The van der Waals surface area contributed by atoms with Gasteiger partial charge in [-0.25, -0.2) is 15.0 Å². The van der Waals surface area contributed by atoms with Crippen LogP contribution in [0.4, 0.5) is 31.9 Å². The monoisotopic (exact) mass is 484 g/mol. The van der Waals surface area contributed by atoms with Crippen LogP contribution >= 0.6 is 0 Å². The average Bonchev–Trinajstić information content (AvgIpc) is 2.84. The Morgan fingerprint density at radius 1 is 1.14 bits per heavy atom. The second-order valence-corrected chi connectivity index (χ2v) is 8.11. The third-order valence-corrected chi connectivity index (χ3v) is 5.27. The molecule has 35 heavy (non-hydrogen) atoms. The van der Waals surface area contributed by atoms with Crippen LogP contribution in [0.25, 0.3) is 11.3 Å². The van der Waals surface area contributed by atoms with Crippen molar-refractivity contribution in [3.05, 3.63) is 42.0 Å². The molecule has 3 aromatic rings. The lowest BCUT2D eigenvalue weighted by molar-refractivity contribution is -0.114. The van der Waals surface area contributed by atoms with Gasteiger partial charge in [0.2, 0.25) is 11.7 Å². The third-order valence-electron chi connectivity index (χ3n) is 5.27. The fourth-order valence-electron chi connectivity index (χ4n) is 3.52. The molecular formula is C23H26F2N8O2. The molecule has 10 nitrogen and oxygen atoms in total. The minimum Gasteiger partial charge on any atom is -0.378 e. The molecule has 4 heterocycles. The number of hydrogen-bond donors (Lipinski definition) is 2. The average molecular weight is 485 g/mol. The highest BCUT2D eigenvalue weighted by atomic mass is 19.3. The van der Waals surface area contributed by atoms with E-state index in [1.807, 2.05) is 13.0 Å². The molecule has 3 aromatic heterocycles. The zero-order valence-corrected chi connectivity index (χ0v) is 19.7. The number of ether oxygens (including phenoxy) is 1. The minimum absolute atomic E-state index is 0.187. The van der Waals surface area contributed by atoms with Crippen molar-refractivity contribution in [2.45, 2.75) is 33.1 Å². The van der Waals surface area contributed by atoms with Gasteiger partial charge in [0.05, 0.1) is 24.6 Å². The summed E-state index contributed by atoms with van der Waals surface area (Å²) in [6.45, 7) is 6.66. The quantitative estimate of drug-likeness (QED) is 0.519. The molecule has 1 aliphatic heterocycles. The smallest absolute Gasteiger partial charge is 0.303 e. The van der Waals surface area contributed by atoms with E-state index in [1.165, 1.54) is 13.1 Å². The van der Waals surface area contributed by atoms with Crippen molar-refractivity contribution >= 4 is 29.0 Å². The molecule has 0 radical (unpaired) electrons. The fraction of sp³-hybridized carbons (Fsp3) is 0.391. The van der Waals surface area contributed by atoms with E-state index < -0.39 is 11.7 Å². The molecule has 1 saturated heterocycles. The van der Waals surface area contributed by atoms with E-state index in [1.54, 1.807) is 18.2 Å². The Morgan fingerprint density at radius 3 is 2.54 bits per heavy atom. The SMILES string of the molecule is CCc1cc(Nc2cc(NC(C)=O)ncc2-c2ccc(N3CCOCC3)nn2)nc(C(C)(F)F)n1. The summed E-state index contributed by atoms with van der Waals surface area (Å²) >= 11 is 0. The Bertz CT molecular complexity index is 1200. The molecule has 0 aromatic carbocycles. The first-order chi connectivity index (χ1) is 16.7. The van der Waals surface area contributed by atoms with Crippen LogP contribution in [0.3, 0.4) is 0 Å². The van der Waals surface area contributed by atoms with Gasteiger partial charge in [-0.2, -0.15) is 8.78 Å². The molecule has 1 amide bonds. The van der Waals surface area contributed by atoms with Gasteiger partial charge in [0, 0.05) is 56.5 Å². The van der Waals surface area contributed by atoms with Crippen molar-refractivity contribution in [2.24, 2.45) is 0 Å². The van der Waals surface area contributed by atoms with Crippen LogP contribution < -0.4 is 15.5 Å². The molecule has 0 aliphatic carbocycles. The topological polar surface area (TPSA) is 118 Å². The van der Waals surface area contributed by atoms with E-state index in [0.29, 0.717) is 42.3 Å². The highest BCUT2D eigenvalue weighted by Gasteiger charge is 2.29. The minimum atomic E-state index is -3.20. The van der Waals surface area contributed by atoms with E-state index in [0.717, 1.165) is 25.8 Å². The second kappa shape index (κ2) is 10.2. The van der Waals surface area contributed by atoms with Gasteiger partial charge in [0.1, 0.15) is 11.6 Å². The number of carbonyl (C=O) groups is 1. The Balaban J connectivity index is 1.71. The lowest BCUT2D eigenvalue weighted by Crippen LogP contribution is -2.36. The standard InChI is InChI=1S/C23H26F2N8O2/c1-4-15-11-20(30-22(28-15)23(3,24)25)29-18-12-19(27-14(2)34)26-13-16(18)17-5-6-21(32-31-17)33-7-9-35-10-8-33/h5-6,11-13H,4,7-10H2,1-3H3,(H2,26,27,28,29,30,34). The lowest BCUT2D eigenvalue weighted by Gasteiger charge is -2.27. The van der Waals surface area contributed by atoms with E-state index in [-0.39, 0.29) is 17.5 Å². The van der Waals surface area contributed by atoms with Gasteiger partial charge in [-0.15, -0.1) is 10.2 Å². The molecule has 0 bridgehead atoms. The predicted molar refractivity (Wildman–Crippen MR) is 127 cm³/mol. The van der Waals surface area contributed by atoms with E-state index >= 15 is 0 Å². The van der Waals surface area contributed by atoms with Crippen molar-refractivity contribution in [1.29, 1.82) is 0 Å². The fourth-order valence-corrected chi connectivity index (χ4v) is 3.52. The van der Waals surface area contributed by atoms with Crippen molar-refractivity contribution in [1.82, 2.24) is 25.1 Å². The van der Waals surface area contributed by atoms with Crippen molar-refractivity contribution in [3.63, 3.8) is 0 Å². The summed E-state index contributed by atoms with van der Waals surface area (Å²) in [7, 11) is 0. The molecule has 0 unspecified atom stereocenters. The number of pyridine rings is 1. The van der Waals surface area contributed by atoms with Crippen LogP contribution in [0.5, 0.6) is 0 Å². The van der Waals surface area contributed by atoms with Gasteiger partial charge in [-0.3, -0.25) is 4.79 Å².